The Morgan fingerprint density at radius 3 is 2.35 bits per heavy atom. The molecule has 1 aromatic heterocycles. The van der Waals surface area contributed by atoms with Gasteiger partial charge in [-0.25, -0.2) is 13.6 Å². The summed E-state index contributed by atoms with van der Waals surface area (Å²) in [6.07, 6.45) is 5.04. The summed E-state index contributed by atoms with van der Waals surface area (Å²) in [6, 6.07) is 9.18. The lowest BCUT2D eigenvalue weighted by atomic mass is 9.75. The first-order chi connectivity index (χ1) is 12.3. The third kappa shape index (κ3) is 4.46. The van der Waals surface area contributed by atoms with E-state index >= 15 is 0 Å². The molecule has 4 N–H and O–H groups in total. The molecule has 7 nitrogen and oxygen atoms in total. The first-order valence-electron chi connectivity index (χ1n) is 8.33. The Labute approximate surface area is 152 Å². The minimum Gasteiger partial charge on any atom is -0.393 e. The fourth-order valence-corrected chi connectivity index (χ4v) is 3.63. The third-order valence-electron chi connectivity index (χ3n) is 4.69. The smallest absolute Gasteiger partial charge is 0.251 e. The second-order valence-corrected chi connectivity index (χ2v) is 8.16. The second-order valence-electron chi connectivity index (χ2n) is 6.59. The average Bonchev–Trinajstić information content (AvgIpc) is 2.59. The van der Waals surface area contributed by atoms with E-state index in [1.807, 2.05) is 12.1 Å². The van der Waals surface area contributed by atoms with Crippen molar-refractivity contribution in [1.29, 1.82) is 0 Å². The van der Waals surface area contributed by atoms with Crippen molar-refractivity contribution < 1.29 is 18.3 Å². The molecule has 0 aliphatic heterocycles. The molecule has 1 aliphatic rings. The Morgan fingerprint density at radius 2 is 1.81 bits per heavy atom. The number of primary sulfonamides is 1. The molecule has 26 heavy (non-hydrogen) atoms. The van der Waals surface area contributed by atoms with Crippen LogP contribution in [0.25, 0.3) is 0 Å². The summed E-state index contributed by atoms with van der Waals surface area (Å²) < 4.78 is 22.6. The first-order valence-corrected chi connectivity index (χ1v) is 9.88. The maximum atomic E-state index is 12.6. The van der Waals surface area contributed by atoms with Gasteiger partial charge in [-0.2, -0.15) is 0 Å². The second kappa shape index (κ2) is 7.53. The number of pyridine rings is 1. The monoisotopic (exact) mass is 375 g/mol. The van der Waals surface area contributed by atoms with Crippen molar-refractivity contribution in [3.8, 4) is 0 Å². The molecular weight excluding hydrogens is 354 g/mol. The number of carbonyl (C=O) groups excluding carboxylic acids is 1. The van der Waals surface area contributed by atoms with Gasteiger partial charge < -0.3 is 10.4 Å². The summed E-state index contributed by atoms with van der Waals surface area (Å²) in [6.45, 7) is 0. The lowest BCUT2D eigenvalue weighted by molar-refractivity contribution is 0.0239. The van der Waals surface area contributed by atoms with Crippen molar-refractivity contribution in [3.63, 3.8) is 0 Å². The first kappa shape index (κ1) is 18.5. The lowest BCUT2D eigenvalue weighted by Crippen LogP contribution is -2.48. The van der Waals surface area contributed by atoms with E-state index in [1.165, 1.54) is 24.3 Å². The highest BCUT2D eigenvalue weighted by molar-refractivity contribution is 7.89. The van der Waals surface area contributed by atoms with Crippen LogP contribution in [0.2, 0.25) is 0 Å². The number of aliphatic hydroxyl groups is 1. The zero-order valence-electron chi connectivity index (χ0n) is 14.1. The Hall–Kier alpha value is -2.29. The van der Waals surface area contributed by atoms with Crippen molar-refractivity contribution in [2.24, 2.45) is 11.1 Å². The van der Waals surface area contributed by atoms with E-state index in [4.69, 9.17) is 5.14 Å². The number of amides is 1. The molecule has 2 aromatic rings. The molecule has 1 atom stereocenters. The van der Waals surface area contributed by atoms with E-state index in [2.05, 4.69) is 10.3 Å². The highest BCUT2D eigenvalue weighted by atomic mass is 32.2. The van der Waals surface area contributed by atoms with Gasteiger partial charge in [0.15, 0.2) is 0 Å². The summed E-state index contributed by atoms with van der Waals surface area (Å²) >= 11 is 0. The number of rotatable bonds is 6. The molecule has 1 aliphatic carbocycles. The van der Waals surface area contributed by atoms with E-state index in [9.17, 15) is 18.3 Å². The maximum Gasteiger partial charge on any atom is 0.251 e. The molecule has 8 heteroatoms. The van der Waals surface area contributed by atoms with Gasteiger partial charge in [-0.05, 0) is 67.1 Å². The predicted octanol–water partition coefficient (Wildman–Crippen LogP) is 0.841. The van der Waals surface area contributed by atoms with E-state index in [-0.39, 0.29) is 28.9 Å². The van der Waals surface area contributed by atoms with Crippen LogP contribution in [0.15, 0.2) is 53.7 Å². The number of sulfonamides is 1. The summed E-state index contributed by atoms with van der Waals surface area (Å²) in [7, 11) is -3.79. The molecule has 0 spiro atoms. The molecule has 1 fully saturated rings. The molecule has 0 bridgehead atoms. The van der Waals surface area contributed by atoms with Gasteiger partial charge in [0.1, 0.15) is 0 Å². The normalized spacial score (nSPS) is 20.8. The molecule has 1 amide bonds. The largest absolute Gasteiger partial charge is 0.393 e. The molecule has 1 heterocycles. The van der Waals surface area contributed by atoms with Gasteiger partial charge >= 0.3 is 0 Å². The summed E-state index contributed by atoms with van der Waals surface area (Å²) in [5, 5.41) is 17.7. The zero-order chi connectivity index (χ0) is 18.7. The number of carbonyl (C=O) groups is 1. The van der Waals surface area contributed by atoms with Crippen LogP contribution in [0.1, 0.15) is 28.8 Å². The van der Waals surface area contributed by atoms with Crippen LogP contribution in [0.5, 0.6) is 0 Å². The molecule has 1 saturated carbocycles. The zero-order valence-corrected chi connectivity index (χ0v) is 14.9. The van der Waals surface area contributed by atoms with Crippen LogP contribution >= 0.6 is 0 Å². The number of aromatic nitrogens is 1. The van der Waals surface area contributed by atoms with Gasteiger partial charge in [0.25, 0.3) is 5.91 Å². The fourth-order valence-electron chi connectivity index (χ4n) is 3.11. The SMILES string of the molecule is NS(=O)(=O)c1ccc(C(=O)N[C@H](Cc2ccncc2)C2CC(O)C2)cc1. The quantitative estimate of drug-likeness (QED) is 0.690. The van der Waals surface area contributed by atoms with E-state index in [0.29, 0.717) is 24.8 Å². The van der Waals surface area contributed by atoms with Crippen molar-refractivity contribution in [1.82, 2.24) is 10.3 Å². The topological polar surface area (TPSA) is 122 Å². The van der Waals surface area contributed by atoms with Crippen LogP contribution < -0.4 is 10.5 Å². The third-order valence-corrected chi connectivity index (χ3v) is 5.61. The standard InChI is InChI=1S/C18H21N3O4S/c19-26(24,25)16-3-1-13(2-4-16)18(23)21-17(14-10-15(22)11-14)9-12-5-7-20-8-6-12/h1-8,14-15,17,22H,9-11H2,(H,21,23)(H2,19,24,25)/t14?,15?,17-/m1/s1. The number of hydrogen-bond acceptors (Lipinski definition) is 5. The van der Waals surface area contributed by atoms with Crippen molar-refractivity contribution in [2.45, 2.75) is 36.3 Å². The van der Waals surface area contributed by atoms with Gasteiger partial charge in [0, 0.05) is 24.0 Å². The Bertz CT molecular complexity index is 863. The number of nitrogens with two attached hydrogens (primary N) is 1. The summed E-state index contributed by atoms with van der Waals surface area (Å²) in [4.78, 5) is 16.5. The van der Waals surface area contributed by atoms with Gasteiger partial charge in [-0.1, -0.05) is 0 Å². The summed E-state index contributed by atoms with van der Waals surface area (Å²) in [5.41, 5.74) is 1.41. The molecule has 0 saturated heterocycles. The molecule has 3 rings (SSSR count). The number of aliphatic hydroxyl groups excluding tert-OH is 1. The Balaban J connectivity index is 1.72. The molecule has 0 radical (unpaired) electrons. The fraction of sp³-hybridized carbons (Fsp3) is 0.333. The minimum atomic E-state index is -3.79. The number of nitrogens with zero attached hydrogens (tertiary/aromatic N) is 1. The Morgan fingerprint density at radius 1 is 1.19 bits per heavy atom. The van der Waals surface area contributed by atoms with E-state index in [0.717, 1.165) is 5.56 Å². The van der Waals surface area contributed by atoms with Crippen molar-refractivity contribution in [3.05, 3.63) is 59.9 Å². The maximum absolute atomic E-state index is 12.6. The van der Waals surface area contributed by atoms with E-state index in [1.54, 1.807) is 12.4 Å². The minimum absolute atomic E-state index is 0.0375. The number of nitrogens with one attached hydrogen (secondary N) is 1. The predicted molar refractivity (Wildman–Crippen MR) is 95.7 cm³/mol. The van der Waals surface area contributed by atoms with Gasteiger partial charge in [0.05, 0.1) is 11.0 Å². The lowest BCUT2D eigenvalue weighted by Gasteiger charge is -2.38. The van der Waals surface area contributed by atoms with Crippen LogP contribution in [0.4, 0.5) is 0 Å². The molecule has 0 unspecified atom stereocenters. The number of hydrogen-bond donors (Lipinski definition) is 3. The van der Waals surface area contributed by atoms with Crippen molar-refractivity contribution >= 4 is 15.9 Å². The molecular formula is C18H21N3O4S. The van der Waals surface area contributed by atoms with Crippen LogP contribution in [-0.4, -0.2) is 36.6 Å². The Kier molecular flexibility index (Phi) is 5.36. The van der Waals surface area contributed by atoms with Crippen molar-refractivity contribution in [2.75, 3.05) is 0 Å². The van der Waals surface area contributed by atoms with Crippen LogP contribution in [0, 0.1) is 5.92 Å². The highest BCUT2D eigenvalue weighted by Crippen LogP contribution is 2.32. The molecule has 1 aromatic carbocycles. The van der Waals surface area contributed by atoms with Crippen LogP contribution in [-0.2, 0) is 16.4 Å². The highest BCUT2D eigenvalue weighted by Gasteiger charge is 2.34. The number of benzene rings is 1. The average molecular weight is 375 g/mol. The van der Waals surface area contributed by atoms with Gasteiger partial charge in [-0.15, -0.1) is 0 Å². The van der Waals surface area contributed by atoms with Gasteiger partial charge in [-0.3, -0.25) is 9.78 Å². The van der Waals surface area contributed by atoms with Crippen LogP contribution in [0.3, 0.4) is 0 Å². The summed E-state index contributed by atoms with van der Waals surface area (Å²) in [5.74, 6) is -0.0859. The van der Waals surface area contributed by atoms with Gasteiger partial charge in [0.2, 0.25) is 10.0 Å². The van der Waals surface area contributed by atoms with E-state index < -0.39 is 10.0 Å². The molecule has 138 valence electrons.